The van der Waals surface area contributed by atoms with Gasteiger partial charge in [-0.05, 0) is 53.6 Å². The normalized spacial score (nSPS) is 14.9. The molecule has 5 heteroatoms. The summed E-state index contributed by atoms with van der Waals surface area (Å²) in [6.07, 6.45) is 2.56. The Morgan fingerprint density at radius 2 is 2.00 bits per heavy atom. The average molecular weight is 274 g/mol. The Hall–Kier alpha value is -0.650. The standard InChI is InChI=1S/C14H30N2O3/c1-12(2)15-14(3,13(17)18)8-6-7-9-16(4)10-11-19-5/h12,15H,6-11H2,1-5H3,(H,17,18). The second-order valence-electron chi connectivity index (χ2n) is 5.69. The number of carboxylic acids is 1. The summed E-state index contributed by atoms with van der Waals surface area (Å²) in [5.41, 5.74) is -0.820. The van der Waals surface area contributed by atoms with E-state index in [1.165, 1.54) is 0 Å². The maximum absolute atomic E-state index is 11.3. The molecule has 0 heterocycles. The van der Waals surface area contributed by atoms with Crippen LogP contribution in [0.25, 0.3) is 0 Å². The van der Waals surface area contributed by atoms with Gasteiger partial charge in [-0.25, -0.2) is 0 Å². The molecule has 0 amide bonds. The summed E-state index contributed by atoms with van der Waals surface area (Å²) in [6.45, 7) is 8.33. The highest BCUT2D eigenvalue weighted by Gasteiger charge is 2.32. The summed E-state index contributed by atoms with van der Waals surface area (Å²) < 4.78 is 5.02. The van der Waals surface area contributed by atoms with Crippen molar-refractivity contribution in [3.63, 3.8) is 0 Å². The fraction of sp³-hybridized carbons (Fsp3) is 0.929. The van der Waals surface area contributed by atoms with Crippen molar-refractivity contribution >= 4 is 5.97 Å². The van der Waals surface area contributed by atoms with Crippen molar-refractivity contribution in [3.05, 3.63) is 0 Å². The van der Waals surface area contributed by atoms with Crippen molar-refractivity contribution < 1.29 is 14.6 Å². The maximum atomic E-state index is 11.3. The van der Waals surface area contributed by atoms with E-state index in [1.54, 1.807) is 14.0 Å². The molecule has 114 valence electrons. The molecule has 19 heavy (non-hydrogen) atoms. The van der Waals surface area contributed by atoms with Crippen LogP contribution in [0.15, 0.2) is 0 Å². The zero-order valence-electron chi connectivity index (χ0n) is 13.0. The van der Waals surface area contributed by atoms with E-state index in [1.807, 2.05) is 13.8 Å². The third kappa shape index (κ3) is 8.18. The summed E-state index contributed by atoms with van der Waals surface area (Å²) in [7, 11) is 3.76. The van der Waals surface area contributed by atoms with Crippen LogP contribution in [0.2, 0.25) is 0 Å². The fourth-order valence-electron chi connectivity index (χ4n) is 2.10. The molecule has 0 aromatic heterocycles. The Morgan fingerprint density at radius 3 is 2.47 bits per heavy atom. The quantitative estimate of drug-likeness (QED) is 0.560. The molecule has 0 fully saturated rings. The molecule has 0 aromatic rings. The molecule has 0 aliphatic carbocycles. The number of nitrogens with zero attached hydrogens (tertiary/aromatic N) is 1. The fourth-order valence-corrected chi connectivity index (χ4v) is 2.10. The van der Waals surface area contributed by atoms with E-state index in [0.29, 0.717) is 6.42 Å². The van der Waals surface area contributed by atoms with Gasteiger partial charge in [0.15, 0.2) is 0 Å². The highest BCUT2D eigenvalue weighted by Crippen LogP contribution is 2.15. The molecular formula is C14H30N2O3. The summed E-state index contributed by atoms with van der Waals surface area (Å²) in [6, 6.07) is 0.172. The minimum atomic E-state index is -0.820. The van der Waals surface area contributed by atoms with Crippen LogP contribution in [0.3, 0.4) is 0 Å². The highest BCUT2D eigenvalue weighted by molar-refractivity contribution is 5.78. The van der Waals surface area contributed by atoms with E-state index in [4.69, 9.17) is 4.74 Å². The van der Waals surface area contributed by atoms with Crippen LogP contribution >= 0.6 is 0 Å². The van der Waals surface area contributed by atoms with Gasteiger partial charge in [-0.3, -0.25) is 10.1 Å². The van der Waals surface area contributed by atoms with Crippen LogP contribution in [-0.4, -0.2) is 61.4 Å². The lowest BCUT2D eigenvalue weighted by atomic mass is 9.94. The first-order valence-corrected chi connectivity index (χ1v) is 7.00. The molecule has 0 saturated carbocycles. The lowest BCUT2D eigenvalue weighted by Gasteiger charge is -2.29. The molecule has 2 N–H and O–H groups in total. The summed E-state index contributed by atoms with van der Waals surface area (Å²) in [5, 5.41) is 12.5. The van der Waals surface area contributed by atoms with Gasteiger partial charge in [-0.1, -0.05) is 0 Å². The van der Waals surface area contributed by atoms with Gasteiger partial charge >= 0.3 is 5.97 Å². The number of aliphatic carboxylic acids is 1. The molecule has 0 saturated heterocycles. The van der Waals surface area contributed by atoms with E-state index < -0.39 is 11.5 Å². The van der Waals surface area contributed by atoms with Crippen molar-refractivity contribution in [2.45, 2.75) is 51.6 Å². The van der Waals surface area contributed by atoms with Crippen LogP contribution < -0.4 is 5.32 Å². The SMILES string of the molecule is COCCN(C)CCCCC(C)(NC(C)C)C(=O)O. The van der Waals surface area contributed by atoms with Crippen molar-refractivity contribution in [3.8, 4) is 0 Å². The number of carbonyl (C=O) groups is 1. The lowest BCUT2D eigenvalue weighted by molar-refractivity contribution is -0.144. The number of methoxy groups -OCH3 is 1. The second-order valence-corrected chi connectivity index (χ2v) is 5.69. The van der Waals surface area contributed by atoms with Gasteiger partial charge in [0, 0.05) is 19.7 Å². The van der Waals surface area contributed by atoms with Crippen LogP contribution in [0.4, 0.5) is 0 Å². The van der Waals surface area contributed by atoms with E-state index in [9.17, 15) is 9.90 Å². The number of nitrogens with one attached hydrogen (secondary N) is 1. The Bertz CT molecular complexity index is 259. The third-order valence-corrected chi connectivity index (χ3v) is 3.22. The Balaban J connectivity index is 3.97. The zero-order chi connectivity index (χ0) is 14.9. The number of hydrogen-bond donors (Lipinski definition) is 2. The monoisotopic (exact) mass is 274 g/mol. The average Bonchev–Trinajstić information content (AvgIpc) is 2.31. The smallest absolute Gasteiger partial charge is 0.323 e. The van der Waals surface area contributed by atoms with Crippen molar-refractivity contribution in [2.24, 2.45) is 0 Å². The molecule has 0 aliphatic heterocycles. The number of carboxylic acid groups (broad SMARTS) is 1. The lowest BCUT2D eigenvalue weighted by Crippen LogP contribution is -2.52. The predicted molar refractivity (Wildman–Crippen MR) is 77.5 cm³/mol. The Kier molecular flexibility index (Phi) is 8.97. The second kappa shape index (κ2) is 9.28. The van der Waals surface area contributed by atoms with E-state index in [-0.39, 0.29) is 6.04 Å². The van der Waals surface area contributed by atoms with Crippen molar-refractivity contribution in [1.29, 1.82) is 0 Å². The van der Waals surface area contributed by atoms with Gasteiger partial charge in [0.25, 0.3) is 0 Å². The number of ether oxygens (including phenoxy) is 1. The van der Waals surface area contributed by atoms with Crippen LogP contribution in [-0.2, 0) is 9.53 Å². The van der Waals surface area contributed by atoms with Gasteiger partial charge < -0.3 is 14.7 Å². The minimum absolute atomic E-state index is 0.172. The molecule has 1 atom stereocenters. The Morgan fingerprint density at radius 1 is 1.37 bits per heavy atom. The van der Waals surface area contributed by atoms with Gasteiger partial charge in [0.2, 0.25) is 0 Å². The summed E-state index contributed by atoms with van der Waals surface area (Å²) in [4.78, 5) is 13.5. The van der Waals surface area contributed by atoms with Crippen molar-refractivity contribution in [1.82, 2.24) is 10.2 Å². The van der Waals surface area contributed by atoms with Gasteiger partial charge in [-0.15, -0.1) is 0 Å². The molecule has 5 nitrogen and oxygen atoms in total. The van der Waals surface area contributed by atoms with Crippen LogP contribution in [0.5, 0.6) is 0 Å². The first-order valence-electron chi connectivity index (χ1n) is 7.00. The van der Waals surface area contributed by atoms with Gasteiger partial charge in [0.05, 0.1) is 6.61 Å². The molecule has 0 rings (SSSR count). The number of unbranched alkanes of at least 4 members (excludes halogenated alkanes) is 1. The molecule has 0 spiro atoms. The van der Waals surface area contributed by atoms with E-state index in [0.717, 1.165) is 32.5 Å². The Labute approximate surface area is 117 Å². The van der Waals surface area contributed by atoms with Crippen LogP contribution in [0, 0.1) is 0 Å². The van der Waals surface area contributed by atoms with E-state index >= 15 is 0 Å². The molecule has 1 unspecified atom stereocenters. The minimum Gasteiger partial charge on any atom is -0.480 e. The topological polar surface area (TPSA) is 61.8 Å². The van der Waals surface area contributed by atoms with Crippen LogP contribution in [0.1, 0.15) is 40.0 Å². The molecular weight excluding hydrogens is 244 g/mol. The highest BCUT2D eigenvalue weighted by atomic mass is 16.5. The first-order chi connectivity index (χ1) is 8.81. The first kappa shape index (κ1) is 18.4. The maximum Gasteiger partial charge on any atom is 0.323 e. The zero-order valence-corrected chi connectivity index (χ0v) is 13.0. The molecule has 0 bridgehead atoms. The predicted octanol–water partition coefficient (Wildman–Crippen LogP) is 1.58. The molecule has 0 aliphatic rings. The number of hydrogen-bond acceptors (Lipinski definition) is 4. The molecule has 0 aromatic carbocycles. The number of likely N-dealkylation sites (N-methyl/N-ethyl adjacent to an activating group) is 1. The largest absolute Gasteiger partial charge is 0.480 e. The van der Waals surface area contributed by atoms with Gasteiger partial charge in [-0.2, -0.15) is 0 Å². The molecule has 0 radical (unpaired) electrons. The summed E-state index contributed by atoms with van der Waals surface area (Å²) in [5.74, 6) is -0.770. The third-order valence-electron chi connectivity index (χ3n) is 3.22. The van der Waals surface area contributed by atoms with Gasteiger partial charge in [0.1, 0.15) is 5.54 Å². The van der Waals surface area contributed by atoms with Crippen molar-refractivity contribution in [2.75, 3.05) is 33.9 Å². The summed E-state index contributed by atoms with van der Waals surface area (Å²) >= 11 is 0. The van der Waals surface area contributed by atoms with E-state index in [2.05, 4.69) is 17.3 Å². The number of rotatable bonds is 11.